The van der Waals surface area contributed by atoms with Gasteiger partial charge in [-0.25, -0.2) is 9.59 Å². The van der Waals surface area contributed by atoms with Crippen molar-refractivity contribution >= 4 is 41.0 Å². The summed E-state index contributed by atoms with van der Waals surface area (Å²) in [7, 11) is 0. The SMILES string of the molecule is Cc1ccc(C(C)(C)N2CC[C@@](CCc3ccc(F)s3)(COC(=O)Nc3ccccc3)C2)cn1.O=C(O)CC(O)(CC(=O)O)C(=O)O. The van der Waals surface area contributed by atoms with E-state index >= 15 is 0 Å². The van der Waals surface area contributed by atoms with Crippen LogP contribution in [-0.4, -0.2) is 79.6 Å². The summed E-state index contributed by atoms with van der Waals surface area (Å²) in [5.41, 5.74) is -0.282. The second kappa shape index (κ2) is 15.9. The van der Waals surface area contributed by atoms with Gasteiger partial charge >= 0.3 is 24.0 Å². The van der Waals surface area contributed by atoms with E-state index in [2.05, 4.69) is 35.1 Å². The van der Waals surface area contributed by atoms with Crippen molar-refractivity contribution in [1.29, 1.82) is 0 Å². The number of anilines is 1. The minimum atomic E-state index is -2.74. The normalized spacial score (nSPS) is 16.5. The summed E-state index contributed by atoms with van der Waals surface area (Å²) >= 11 is 1.19. The first-order valence-corrected chi connectivity index (χ1v) is 15.7. The number of rotatable bonds is 13. The summed E-state index contributed by atoms with van der Waals surface area (Å²) in [5, 5.41) is 36.4. The molecule has 1 amide bonds. The van der Waals surface area contributed by atoms with Gasteiger partial charge in [0.05, 0.1) is 12.8 Å². The van der Waals surface area contributed by atoms with Crippen molar-refractivity contribution in [2.45, 2.75) is 64.0 Å². The maximum absolute atomic E-state index is 13.5. The number of carbonyl (C=O) groups excluding carboxylic acids is 1. The van der Waals surface area contributed by atoms with Gasteiger partial charge < -0.3 is 25.2 Å². The van der Waals surface area contributed by atoms with E-state index in [9.17, 15) is 23.6 Å². The summed E-state index contributed by atoms with van der Waals surface area (Å²) in [4.78, 5) is 51.0. The smallest absolute Gasteiger partial charge is 0.411 e. The summed E-state index contributed by atoms with van der Waals surface area (Å²) in [6, 6.07) is 16.9. The van der Waals surface area contributed by atoms with Gasteiger partial charge in [-0.05, 0) is 82.5 Å². The second-order valence-corrected chi connectivity index (χ2v) is 13.3. The lowest BCUT2D eigenvalue weighted by atomic mass is 9.82. The Morgan fingerprint density at radius 1 is 1.02 bits per heavy atom. The van der Waals surface area contributed by atoms with Crippen molar-refractivity contribution in [2.75, 3.05) is 25.0 Å². The number of aryl methyl sites for hydroxylation is 2. The Balaban J connectivity index is 0.000000392. The number of aromatic nitrogens is 1. The van der Waals surface area contributed by atoms with Crippen LogP contribution in [0.1, 0.15) is 55.7 Å². The lowest BCUT2D eigenvalue weighted by Crippen LogP contribution is -2.42. The number of carboxylic acid groups (broad SMARTS) is 3. The standard InChI is InChI=1S/C27H32FN3O2S.C6H8O7/c1-20-9-10-21(17-29-20)26(2,3)31-16-15-27(18-31,14-13-23-11-12-24(28)34-23)19-33-25(32)30-22-7-5-4-6-8-22;7-3(8)1-6(13,5(11)12)2-4(9)10/h4-12,17H,13-16,18-19H2,1-3H3,(H,30,32);13H,1-2H2,(H,7,8)(H,9,10)(H,11,12)/t27-;/m1./s1. The second-order valence-electron chi connectivity index (χ2n) is 12.2. The number of hydrogen-bond donors (Lipinski definition) is 5. The zero-order valence-corrected chi connectivity index (χ0v) is 27.3. The maximum Gasteiger partial charge on any atom is 0.411 e. The average Bonchev–Trinajstić information content (AvgIpc) is 3.62. The number of pyridine rings is 1. The third-order valence-corrected chi connectivity index (χ3v) is 9.13. The van der Waals surface area contributed by atoms with E-state index in [1.165, 1.54) is 17.4 Å². The number of ether oxygens (including phenoxy) is 1. The molecule has 0 bridgehead atoms. The lowest BCUT2D eigenvalue weighted by Gasteiger charge is -2.38. The fraction of sp³-hybridized carbons (Fsp3) is 0.424. The minimum absolute atomic E-state index is 0.163. The van der Waals surface area contributed by atoms with Crippen LogP contribution in [0.4, 0.5) is 14.9 Å². The quantitative estimate of drug-likeness (QED) is 0.162. The molecule has 0 saturated carbocycles. The molecule has 47 heavy (non-hydrogen) atoms. The van der Waals surface area contributed by atoms with Crippen LogP contribution in [0.5, 0.6) is 0 Å². The Morgan fingerprint density at radius 3 is 2.21 bits per heavy atom. The number of nitrogens with one attached hydrogen (secondary N) is 1. The molecule has 1 saturated heterocycles. The molecular formula is C33H40FN3O9S. The van der Waals surface area contributed by atoms with E-state index in [1.807, 2.05) is 55.6 Å². The minimum Gasteiger partial charge on any atom is -0.481 e. The third kappa shape index (κ3) is 10.8. The van der Waals surface area contributed by atoms with E-state index in [0.29, 0.717) is 12.3 Å². The molecule has 12 nitrogen and oxygen atoms in total. The van der Waals surface area contributed by atoms with E-state index in [-0.39, 0.29) is 16.1 Å². The van der Waals surface area contributed by atoms with Gasteiger partial charge in [0, 0.05) is 40.0 Å². The highest BCUT2D eigenvalue weighted by molar-refractivity contribution is 7.10. The number of nitrogens with zero attached hydrogens (tertiary/aromatic N) is 2. The largest absolute Gasteiger partial charge is 0.481 e. The fourth-order valence-corrected chi connectivity index (χ4v) is 6.03. The fourth-order valence-electron chi connectivity index (χ4n) is 5.30. The van der Waals surface area contributed by atoms with Crippen molar-refractivity contribution in [3.05, 3.63) is 82.1 Å². The lowest BCUT2D eigenvalue weighted by molar-refractivity contribution is -0.170. The van der Waals surface area contributed by atoms with Crippen molar-refractivity contribution < 1.29 is 48.7 Å². The molecule has 254 valence electrons. The molecule has 1 atom stereocenters. The molecule has 1 aromatic carbocycles. The molecule has 4 rings (SSSR count). The van der Waals surface area contributed by atoms with Crippen LogP contribution < -0.4 is 5.32 Å². The molecule has 1 aliphatic rings. The summed E-state index contributed by atoms with van der Waals surface area (Å²) in [5.74, 6) is -5.02. The Labute approximate surface area is 275 Å². The maximum atomic E-state index is 13.5. The van der Waals surface area contributed by atoms with Crippen LogP contribution in [0, 0.1) is 17.5 Å². The molecule has 2 aromatic heterocycles. The number of amides is 1. The van der Waals surface area contributed by atoms with Crippen LogP contribution in [0.2, 0.25) is 0 Å². The number of likely N-dealkylation sites (tertiary alicyclic amines) is 1. The van der Waals surface area contributed by atoms with Gasteiger partial charge in [0.2, 0.25) is 0 Å². The molecule has 0 unspecified atom stereocenters. The molecule has 3 aromatic rings. The molecule has 3 heterocycles. The zero-order chi connectivity index (χ0) is 34.8. The first-order chi connectivity index (χ1) is 22.0. The predicted molar refractivity (Wildman–Crippen MR) is 172 cm³/mol. The van der Waals surface area contributed by atoms with Gasteiger partial charge in [-0.3, -0.25) is 24.8 Å². The number of para-hydroxylation sites is 1. The summed E-state index contributed by atoms with van der Waals surface area (Å²) in [6.07, 6.45) is 1.70. The van der Waals surface area contributed by atoms with Crippen molar-refractivity contribution in [2.24, 2.45) is 5.41 Å². The molecule has 0 spiro atoms. The van der Waals surface area contributed by atoms with Crippen molar-refractivity contribution in [3.8, 4) is 0 Å². The highest BCUT2D eigenvalue weighted by atomic mass is 32.1. The van der Waals surface area contributed by atoms with Gasteiger partial charge in [0.1, 0.15) is 6.61 Å². The number of carbonyl (C=O) groups is 4. The Hall–Kier alpha value is -4.40. The van der Waals surface area contributed by atoms with E-state index in [0.717, 1.165) is 48.5 Å². The topological polar surface area (TPSA) is 187 Å². The summed E-state index contributed by atoms with van der Waals surface area (Å²) in [6.45, 7) is 8.42. The zero-order valence-electron chi connectivity index (χ0n) is 26.4. The van der Waals surface area contributed by atoms with E-state index in [4.69, 9.17) is 25.2 Å². The first-order valence-electron chi connectivity index (χ1n) is 14.8. The molecule has 5 N–H and O–H groups in total. The van der Waals surface area contributed by atoms with Crippen LogP contribution >= 0.6 is 11.3 Å². The summed E-state index contributed by atoms with van der Waals surface area (Å²) < 4.78 is 19.3. The Bertz CT molecular complexity index is 1520. The number of aliphatic hydroxyl groups is 1. The number of carboxylic acids is 3. The van der Waals surface area contributed by atoms with Gasteiger partial charge in [0.15, 0.2) is 10.7 Å². The number of benzene rings is 1. The van der Waals surface area contributed by atoms with Gasteiger partial charge in [0.25, 0.3) is 0 Å². The Morgan fingerprint density at radius 2 is 1.68 bits per heavy atom. The predicted octanol–water partition coefficient (Wildman–Crippen LogP) is 5.15. The monoisotopic (exact) mass is 673 g/mol. The number of hydrogen-bond acceptors (Lipinski definition) is 9. The number of thiophene rings is 1. The number of aliphatic carboxylic acids is 3. The third-order valence-electron chi connectivity index (χ3n) is 8.19. The molecule has 1 fully saturated rings. The Kier molecular flexibility index (Phi) is 12.6. The molecule has 1 aliphatic heterocycles. The van der Waals surface area contributed by atoms with Crippen molar-refractivity contribution in [3.63, 3.8) is 0 Å². The molecule has 0 radical (unpaired) electrons. The van der Waals surface area contributed by atoms with Gasteiger partial charge in [-0.1, -0.05) is 24.3 Å². The van der Waals surface area contributed by atoms with Crippen molar-refractivity contribution in [1.82, 2.24) is 9.88 Å². The van der Waals surface area contributed by atoms with Gasteiger partial charge in [-0.2, -0.15) is 4.39 Å². The molecular weight excluding hydrogens is 633 g/mol. The van der Waals surface area contributed by atoms with Crippen LogP contribution in [-0.2, 0) is 31.1 Å². The van der Waals surface area contributed by atoms with Crippen LogP contribution in [0.3, 0.4) is 0 Å². The van der Waals surface area contributed by atoms with Gasteiger partial charge in [-0.15, -0.1) is 11.3 Å². The highest BCUT2D eigenvalue weighted by Gasteiger charge is 2.44. The van der Waals surface area contributed by atoms with E-state index < -0.39 is 42.4 Å². The first kappa shape index (κ1) is 37.1. The van der Waals surface area contributed by atoms with Crippen LogP contribution in [0.15, 0.2) is 60.8 Å². The average molecular weight is 674 g/mol. The molecule has 14 heteroatoms. The molecule has 0 aliphatic carbocycles. The van der Waals surface area contributed by atoms with Crippen LogP contribution in [0.25, 0.3) is 0 Å². The highest BCUT2D eigenvalue weighted by Crippen LogP contribution is 2.42. The number of halogens is 1. The van der Waals surface area contributed by atoms with E-state index in [1.54, 1.807) is 0 Å².